The lowest BCUT2D eigenvalue weighted by Gasteiger charge is -2.13. The van der Waals surface area contributed by atoms with Crippen molar-refractivity contribution in [1.82, 2.24) is 24.9 Å². The van der Waals surface area contributed by atoms with Crippen molar-refractivity contribution in [2.24, 2.45) is 0 Å². The van der Waals surface area contributed by atoms with Crippen LogP contribution >= 0.6 is 0 Å². The summed E-state index contributed by atoms with van der Waals surface area (Å²) in [6.07, 6.45) is 4.41. The van der Waals surface area contributed by atoms with E-state index in [1.54, 1.807) is 23.9 Å². The van der Waals surface area contributed by atoms with Gasteiger partial charge in [-0.3, -0.25) is 4.98 Å². The third kappa shape index (κ3) is 3.64. The first-order valence-corrected chi connectivity index (χ1v) is 9.69. The van der Waals surface area contributed by atoms with Gasteiger partial charge in [0, 0.05) is 24.0 Å². The number of ether oxygens (including phenoxy) is 2. The fourth-order valence-corrected chi connectivity index (χ4v) is 3.25. The van der Waals surface area contributed by atoms with E-state index in [1.807, 2.05) is 26.0 Å². The van der Waals surface area contributed by atoms with Gasteiger partial charge in [0.05, 0.1) is 23.8 Å². The number of amides is 1. The minimum absolute atomic E-state index is 0.00516. The number of aromatic nitrogens is 4. The van der Waals surface area contributed by atoms with Gasteiger partial charge in [0.25, 0.3) is 0 Å². The molecule has 0 atom stereocenters. The molecule has 1 N–H and O–H groups in total. The quantitative estimate of drug-likeness (QED) is 0.669. The van der Waals surface area contributed by atoms with Crippen molar-refractivity contribution >= 4 is 11.7 Å². The second-order valence-corrected chi connectivity index (χ2v) is 7.69. The summed E-state index contributed by atoms with van der Waals surface area (Å²) >= 11 is 0. The molecule has 3 aromatic heterocycles. The molecule has 1 saturated carbocycles. The van der Waals surface area contributed by atoms with Crippen LogP contribution in [0.1, 0.15) is 38.1 Å². The summed E-state index contributed by atoms with van der Waals surface area (Å²) in [4.78, 5) is 20.8. The van der Waals surface area contributed by atoms with Gasteiger partial charge < -0.3 is 14.8 Å². The van der Waals surface area contributed by atoms with E-state index in [0.717, 1.165) is 24.1 Å². The predicted molar refractivity (Wildman–Crippen MR) is 108 cm³/mol. The molecule has 0 saturated heterocycles. The number of nitrogens with one attached hydrogen (secondary N) is 1. The average Bonchev–Trinajstić information content (AvgIpc) is 3.40. The number of nitriles is 1. The summed E-state index contributed by atoms with van der Waals surface area (Å²) in [5, 5.41) is 16.6. The largest absolute Gasteiger partial charge is 0.493 e. The first kappa shape index (κ1) is 19.6. The van der Waals surface area contributed by atoms with Gasteiger partial charge in [-0.2, -0.15) is 5.26 Å². The highest BCUT2D eigenvalue weighted by molar-refractivity contribution is 5.68. The minimum atomic E-state index is -0.447. The summed E-state index contributed by atoms with van der Waals surface area (Å²) < 4.78 is 12.6. The highest BCUT2D eigenvalue weighted by atomic mass is 16.5. The Hall–Kier alpha value is -3.67. The Kier molecular flexibility index (Phi) is 4.99. The number of alkyl carbamates (subject to hydrolysis) is 1. The van der Waals surface area contributed by atoms with Crippen molar-refractivity contribution < 1.29 is 14.3 Å². The number of hydrogen-bond donors (Lipinski definition) is 1. The number of pyridine rings is 2. The van der Waals surface area contributed by atoms with Crippen molar-refractivity contribution in [3.63, 3.8) is 0 Å². The number of rotatable bonds is 6. The summed E-state index contributed by atoms with van der Waals surface area (Å²) in [6, 6.07) is 7.53. The van der Waals surface area contributed by atoms with Gasteiger partial charge >= 0.3 is 6.09 Å². The third-order valence-corrected chi connectivity index (χ3v) is 5.05. The van der Waals surface area contributed by atoms with Gasteiger partial charge in [-0.05, 0) is 44.9 Å². The normalized spacial score (nSPS) is 14.4. The van der Waals surface area contributed by atoms with Crippen LogP contribution in [0.5, 0.6) is 5.75 Å². The molecule has 9 heteroatoms. The molecule has 1 aliphatic rings. The van der Waals surface area contributed by atoms with Crippen molar-refractivity contribution in [3.8, 4) is 23.1 Å². The highest BCUT2D eigenvalue weighted by Crippen LogP contribution is 2.47. The van der Waals surface area contributed by atoms with Gasteiger partial charge in [0.1, 0.15) is 12.7 Å². The molecular weight excluding hydrogens is 384 g/mol. The Bertz CT molecular complexity index is 1140. The number of carbonyl (C=O) groups is 1. The second-order valence-electron chi connectivity index (χ2n) is 7.69. The number of carbonyl (C=O) groups excluding carboxylic acids is 1. The van der Waals surface area contributed by atoms with E-state index in [4.69, 9.17) is 19.6 Å². The smallest absolute Gasteiger partial charge is 0.407 e. The van der Waals surface area contributed by atoms with Crippen molar-refractivity contribution in [2.75, 3.05) is 13.7 Å². The fraction of sp³-hybridized carbons (Fsp3) is 0.381. The molecule has 154 valence electrons. The summed E-state index contributed by atoms with van der Waals surface area (Å²) in [5.74, 6) is 1.19. The molecule has 3 heterocycles. The van der Waals surface area contributed by atoms with E-state index >= 15 is 0 Å². The van der Waals surface area contributed by atoms with Gasteiger partial charge in [-0.1, -0.05) is 0 Å². The zero-order valence-electron chi connectivity index (χ0n) is 17.0. The predicted octanol–water partition coefficient (Wildman–Crippen LogP) is 2.84. The van der Waals surface area contributed by atoms with Crippen molar-refractivity contribution in [3.05, 3.63) is 42.0 Å². The third-order valence-electron chi connectivity index (χ3n) is 5.05. The lowest BCUT2D eigenvalue weighted by atomic mass is 10.1. The molecule has 3 aromatic rings. The molecule has 30 heavy (non-hydrogen) atoms. The van der Waals surface area contributed by atoms with Crippen LogP contribution < -0.4 is 10.1 Å². The van der Waals surface area contributed by atoms with Gasteiger partial charge in [-0.25, -0.2) is 14.3 Å². The van der Waals surface area contributed by atoms with Crippen LogP contribution in [0.15, 0.2) is 30.6 Å². The molecule has 0 unspecified atom stereocenters. The molecular formula is C21H22N6O3. The fourth-order valence-electron chi connectivity index (χ4n) is 3.25. The maximum absolute atomic E-state index is 11.9. The van der Waals surface area contributed by atoms with Gasteiger partial charge in [0.15, 0.2) is 17.2 Å². The van der Waals surface area contributed by atoms with Crippen LogP contribution in [-0.4, -0.2) is 45.4 Å². The second kappa shape index (κ2) is 7.63. The zero-order chi connectivity index (χ0) is 21.3. The van der Waals surface area contributed by atoms with Crippen LogP contribution in [0.3, 0.4) is 0 Å². The van der Waals surface area contributed by atoms with E-state index in [-0.39, 0.29) is 12.6 Å². The van der Waals surface area contributed by atoms with Crippen LogP contribution in [0, 0.1) is 11.3 Å². The van der Waals surface area contributed by atoms with Crippen LogP contribution in [0.2, 0.25) is 0 Å². The molecule has 4 rings (SSSR count). The molecule has 1 amide bonds. The SMILES string of the molecule is COc1ccc(-c2cncc(C#N)c2)n2nc(C3(COC(=O)NC(C)C)CC3)nc12. The van der Waals surface area contributed by atoms with E-state index < -0.39 is 11.5 Å². The lowest BCUT2D eigenvalue weighted by molar-refractivity contribution is 0.131. The first-order valence-electron chi connectivity index (χ1n) is 9.69. The van der Waals surface area contributed by atoms with Crippen molar-refractivity contribution in [2.45, 2.75) is 38.1 Å². The lowest BCUT2D eigenvalue weighted by Crippen LogP contribution is -2.33. The molecule has 0 bridgehead atoms. The number of hydrogen-bond acceptors (Lipinski definition) is 7. The Labute approximate surface area is 173 Å². The molecule has 1 aliphatic carbocycles. The standard InChI is InChI=1S/C21H22N6O3/c1-13(2)24-20(28)30-12-21(6-7-21)19-25-18-17(29-3)5-4-16(27(18)26-19)15-8-14(9-22)10-23-11-15/h4-5,8,10-11,13H,6-7,12H2,1-3H3,(H,24,28). The maximum Gasteiger partial charge on any atom is 0.407 e. The van der Waals surface area contributed by atoms with E-state index in [2.05, 4.69) is 16.4 Å². The summed E-state index contributed by atoms with van der Waals surface area (Å²) in [7, 11) is 1.58. The molecule has 0 spiro atoms. The molecule has 1 fully saturated rings. The maximum atomic E-state index is 11.9. The first-order chi connectivity index (χ1) is 14.5. The van der Waals surface area contributed by atoms with Gasteiger partial charge in [-0.15, -0.1) is 5.10 Å². The monoisotopic (exact) mass is 406 g/mol. The zero-order valence-corrected chi connectivity index (χ0v) is 17.0. The van der Waals surface area contributed by atoms with Gasteiger partial charge in [0.2, 0.25) is 0 Å². The molecule has 0 aromatic carbocycles. The Balaban J connectivity index is 1.71. The van der Waals surface area contributed by atoms with Crippen LogP contribution in [-0.2, 0) is 10.2 Å². The van der Waals surface area contributed by atoms with Crippen molar-refractivity contribution in [1.29, 1.82) is 5.26 Å². The molecule has 9 nitrogen and oxygen atoms in total. The summed E-state index contributed by atoms with van der Waals surface area (Å²) in [6.45, 7) is 3.97. The number of nitrogens with zero attached hydrogens (tertiary/aromatic N) is 5. The molecule has 0 radical (unpaired) electrons. The average molecular weight is 406 g/mol. The Morgan fingerprint density at radius 1 is 1.37 bits per heavy atom. The Morgan fingerprint density at radius 2 is 2.17 bits per heavy atom. The topological polar surface area (TPSA) is 114 Å². The number of fused-ring (bicyclic) bond motifs is 1. The Morgan fingerprint density at radius 3 is 2.83 bits per heavy atom. The van der Waals surface area contributed by atoms with Crippen LogP contribution in [0.25, 0.3) is 16.9 Å². The highest BCUT2D eigenvalue weighted by Gasteiger charge is 2.49. The number of methoxy groups -OCH3 is 1. The van der Waals surface area contributed by atoms with E-state index in [1.165, 1.54) is 6.20 Å². The van der Waals surface area contributed by atoms with E-state index in [0.29, 0.717) is 22.8 Å². The summed E-state index contributed by atoms with van der Waals surface area (Å²) in [5.41, 5.74) is 2.11. The molecule has 0 aliphatic heterocycles. The van der Waals surface area contributed by atoms with Crippen LogP contribution in [0.4, 0.5) is 4.79 Å². The van der Waals surface area contributed by atoms with E-state index in [9.17, 15) is 10.1 Å². The minimum Gasteiger partial charge on any atom is -0.493 e.